The number of nitrogens with zero attached hydrogens (tertiary/aromatic N) is 3. The summed E-state index contributed by atoms with van der Waals surface area (Å²) in [5, 5.41) is 7.19. The second-order valence-electron chi connectivity index (χ2n) is 3.93. The first-order valence-electron chi connectivity index (χ1n) is 5.32. The van der Waals surface area contributed by atoms with E-state index in [0.717, 1.165) is 35.5 Å². The number of carbonyl (C=O) groups is 1. The van der Waals surface area contributed by atoms with Gasteiger partial charge >= 0.3 is 6.03 Å². The summed E-state index contributed by atoms with van der Waals surface area (Å²) < 4.78 is 2.99. The Hall–Kier alpha value is -1.04. The number of hydrogen-bond acceptors (Lipinski definition) is 2. The van der Waals surface area contributed by atoms with E-state index in [1.807, 2.05) is 23.4 Å². The standard InChI is InChI=1S/C10H15BrN4O/c1-7-9(11)8(2)15(13-7)6-5-14-4-3-12-10(14)16/h3-6H2,1-2H3,(H,12,16). The zero-order chi connectivity index (χ0) is 11.7. The Morgan fingerprint density at radius 2 is 2.19 bits per heavy atom. The molecule has 5 nitrogen and oxygen atoms in total. The largest absolute Gasteiger partial charge is 0.336 e. The molecule has 88 valence electrons. The van der Waals surface area contributed by atoms with Gasteiger partial charge in [-0.15, -0.1) is 0 Å². The van der Waals surface area contributed by atoms with Crippen LogP contribution in [0.15, 0.2) is 4.47 Å². The number of rotatable bonds is 3. The summed E-state index contributed by atoms with van der Waals surface area (Å²) in [5.74, 6) is 0. The molecule has 1 aliphatic heterocycles. The zero-order valence-corrected chi connectivity index (χ0v) is 11.0. The number of urea groups is 1. The van der Waals surface area contributed by atoms with Crippen LogP contribution in [0.2, 0.25) is 0 Å². The Labute approximate surface area is 103 Å². The molecule has 1 saturated heterocycles. The molecule has 0 spiro atoms. The minimum absolute atomic E-state index is 0.0283. The third-order valence-electron chi connectivity index (χ3n) is 2.82. The Bertz CT molecular complexity index is 415. The first-order valence-corrected chi connectivity index (χ1v) is 6.11. The van der Waals surface area contributed by atoms with Crippen molar-refractivity contribution in [3.05, 3.63) is 15.9 Å². The van der Waals surface area contributed by atoms with E-state index in [9.17, 15) is 4.79 Å². The highest BCUT2D eigenvalue weighted by atomic mass is 79.9. The number of hydrogen-bond donors (Lipinski definition) is 1. The summed E-state index contributed by atoms with van der Waals surface area (Å²) in [6.45, 7) is 6.98. The number of amides is 2. The number of carbonyl (C=O) groups excluding carboxylic acids is 1. The molecule has 1 aromatic rings. The molecule has 2 rings (SSSR count). The van der Waals surface area contributed by atoms with Crippen molar-refractivity contribution >= 4 is 22.0 Å². The fraction of sp³-hybridized carbons (Fsp3) is 0.600. The third kappa shape index (κ3) is 2.07. The summed E-state index contributed by atoms with van der Waals surface area (Å²) in [4.78, 5) is 13.1. The molecule has 6 heteroatoms. The van der Waals surface area contributed by atoms with Crippen LogP contribution >= 0.6 is 15.9 Å². The molecular weight excluding hydrogens is 272 g/mol. The lowest BCUT2D eigenvalue weighted by Crippen LogP contribution is -2.31. The maximum Gasteiger partial charge on any atom is 0.317 e. The molecule has 1 N–H and O–H groups in total. The highest BCUT2D eigenvalue weighted by molar-refractivity contribution is 9.10. The van der Waals surface area contributed by atoms with Gasteiger partial charge in [-0.1, -0.05) is 0 Å². The highest BCUT2D eigenvalue weighted by Crippen LogP contribution is 2.19. The van der Waals surface area contributed by atoms with Gasteiger partial charge in [-0.2, -0.15) is 5.10 Å². The van der Waals surface area contributed by atoms with Crippen LogP contribution in [0.3, 0.4) is 0 Å². The monoisotopic (exact) mass is 286 g/mol. The molecule has 0 unspecified atom stereocenters. The van der Waals surface area contributed by atoms with Gasteiger partial charge in [0.05, 0.1) is 16.7 Å². The first-order chi connectivity index (χ1) is 7.59. The molecule has 16 heavy (non-hydrogen) atoms. The van der Waals surface area contributed by atoms with Crippen molar-refractivity contribution in [3.63, 3.8) is 0 Å². The van der Waals surface area contributed by atoms with E-state index in [4.69, 9.17) is 0 Å². The quantitative estimate of drug-likeness (QED) is 0.910. The molecule has 0 aliphatic carbocycles. The van der Waals surface area contributed by atoms with Crippen LogP contribution < -0.4 is 5.32 Å². The second-order valence-corrected chi connectivity index (χ2v) is 4.72. The molecule has 0 aromatic carbocycles. The molecule has 1 fully saturated rings. The highest BCUT2D eigenvalue weighted by Gasteiger charge is 2.19. The van der Waals surface area contributed by atoms with E-state index >= 15 is 0 Å². The maximum atomic E-state index is 11.3. The molecule has 2 heterocycles. The average molecular weight is 287 g/mol. The van der Waals surface area contributed by atoms with Crippen LogP contribution in [0, 0.1) is 13.8 Å². The van der Waals surface area contributed by atoms with Gasteiger partial charge in [0.15, 0.2) is 0 Å². The van der Waals surface area contributed by atoms with Crippen LogP contribution in [-0.2, 0) is 6.54 Å². The number of nitrogens with one attached hydrogen (secondary N) is 1. The van der Waals surface area contributed by atoms with Crippen molar-refractivity contribution in [1.29, 1.82) is 0 Å². The Morgan fingerprint density at radius 3 is 2.69 bits per heavy atom. The molecule has 0 atom stereocenters. The van der Waals surface area contributed by atoms with Gasteiger partial charge in [0.1, 0.15) is 0 Å². The summed E-state index contributed by atoms with van der Waals surface area (Å²) in [6, 6.07) is 0.0283. The second kappa shape index (κ2) is 4.45. The van der Waals surface area contributed by atoms with Gasteiger partial charge in [0, 0.05) is 25.3 Å². The van der Waals surface area contributed by atoms with Crippen LogP contribution in [0.4, 0.5) is 4.79 Å². The van der Waals surface area contributed by atoms with E-state index in [1.165, 1.54) is 0 Å². The van der Waals surface area contributed by atoms with Crippen molar-refractivity contribution in [2.75, 3.05) is 19.6 Å². The van der Waals surface area contributed by atoms with Crippen molar-refractivity contribution in [2.24, 2.45) is 0 Å². The molecule has 1 aromatic heterocycles. The Kier molecular flexibility index (Phi) is 3.18. The van der Waals surface area contributed by atoms with Crippen molar-refractivity contribution in [3.8, 4) is 0 Å². The maximum absolute atomic E-state index is 11.3. The summed E-state index contributed by atoms with van der Waals surface area (Å²) in [5.41, 5.74) is 2.10. The van der Waals surface area contributed by atoms with E-state index in [1.54, 1.807) is 0 Å². The minimum Gasteiger partial charge on any atom is -0.336 e. The summed E-state index contributed by atoms with van der Waals surface area (Å²) >= 11 is 3.49. The number of aromatic nitrogens is 2. The van der Waals surface area contributed by atoms with Gasteiger partial charge in [0.25, 0.3) is 0 Å². The number of aryl methyl sites for hydroxylation is 1. The minimum atomic E-state index is 0.0283. The molecule has 2 amide bonds. The predicted molar refractivity (Wildman–Crippen MR) is 64.4 cm³/mol. The van der Waals surface area contributed by atoms with E-state index in [2.05, 4.69) is 26.3 Å². The SMILES string of the molecule is Cc1nn(CCN2CCNC2=O)c(C)c1Br. The van der Waals surface area contributed by atoms with Gasteiger partial charge in [-0.05, 0) is 29.8 Å². The predicted octanol–water partition coefficient (Wildman–Crippen LogP) is 1.29. The van der Waals surface area contributed by atoms with Crippen LogP contribution in [0.25, 0.3) is 0 Å². The van der Waals surface area contributed by atoms with E-state index in [-0.39, 0.29) is 6.03 Å². The van der Waals surface area contributed by atoms with Crippen LogP contribution in [-0.4, -0.2) is 40.3 Å². The van der Waals surface area contributed by atoms with Gasteiger partial charge < -0.3 is 10.2 Å². The Morgan fingerprint density at radius 1 is 1.44 bits per heavy atom. The fourth-order valence-corrected chi connectivity index (χ4v) is 2.12. The zero-order valence-electron chi connectivity index (χ0n) is 9.46. The number of halogens is 1. The lowest BCUT2D eigenvalue weighted by Gasteiger charge is -2.14. The van der Waals surface area contributed by atoms with Crippen LogP contribution in [0.5, 0.6) is 0 Å². The molecular formula is C10H15BrN4O. The summed E-state index contributed by atoms with van der Waals surface area (Å²) in [6.07, 6.45) is 0. The summed E-state index contributed by atoms with van der Waals surface area (Å²) in [7, 11) is 0. The van der Waals surface area contributed by atoms with Gasteiger partial charge in [-0.25, -0.2) is 4.79 Å². The molecule has 0 bridgehead atoms. The normalized spacial score (nSPS) is 15.7. The van der Waals surface area contributed by atoms with Gasteiger partial charge in [-0.3, -0.25) is 4.68 Å². The molecule has 0 saturated carbocycles. The third-order valence-corrected chi connectivity index (χ3v) is 3.97. The first kappa shape index (κ1) is 11.4. The molecule has 1 aliphatic rings. The van der Waals surface area contributed by atoms with Crippen molar-refractivity contribution in [2.45, 2.75) is 20.4 Å². The Balaban J connectivity index is 1.99. The lowest BCUT2D eigenvalue weighted by atomic mass is 10.4. The lowest BCUT2D eigenvalue weighted by molar-refractivity contribution is 0.215. The van der Waals surface area contributed by atoms with Crippen molar-refractivity contribution < 1.29 is 4.79 Å². The smallest absolute Gasteiger partial charge is 0.317 e. The topological polar surface area (TPSA) is 50.2 Å². The average Bonchev–Trinajstić information content (AvgIpc) is 2.76. The van der Waals surface area contributed by atoms with Crippen LogP contribution in [0.1, 0.15) is 11.4 Å². The fourth-order valence-electron chi connectivity index (χ4n) is 1.83. The van der Waals surface area contributed by atoms with Gasteiger partial charge in [0.2, 0.25) is 0 Å². The molecule has 0 radical (unpaired) electrons. The van der Waals surface area contributed by atoms with Crippen molar-refractivity contribution in [1.82, 2.24) is 20.0 Å². The van der Waals surface area contributed by atoms with E-state index < -0.39 is 0 Å². The van der Waals surface area contributed by atoms with E-state index in [0.29, 0.717) is 6.54 Å².